The molecule has 1 unspecified atom stereocenters. The number of aliphatic hydroxyl groups is 2. The van der Waals surface area contributed by atoms with Crippen LogP contribution in [0.5, 0.6) is 0 Å². The van der Waals surface area contributed by atoms with Gasteiger partial charge in [0, 0.05) is 5.38 Å². The number of carbonyl (C=O) groups excluding carboxylic acids is 1. The van der Waals surface area contributed by atoms with Crippen LogP contribution >= 0.6 is 11.3 Å². The molecule has 7 nitrogen and oxygen atoms in total. The summed E-state index contributed by atoms with van der Waals surface area (Å²) in [5, 5.41) is 22.4. The van der Waals surface area contributed by atoms with E-state index in [1.807, 2.05) is 5.38 Å². The van der Waals surface area contributed by atoms with Gasteiger partial charge in [0.15, 0.2) is 0 Å². The first-order valence-electron chi connectivity index (χ1n) is 6.91. The summed E-state index contributed by atoms with van der Waals surface area (Å²) in [5.74, 6) is 0. The minimum Gasteiger partial charge on any atom is -0.445 e. The Morgan fingerprint density at radius 3 is 3.27 bits per heavy atom. The van der Waals surface area contributed by atoms with Crippen LogP contribution < -0.4 is 0 Å². The standard InChI is InChI=1S/C14H17N3O4S/c1-2-3-21-14(20)16-6-9(18)4-10(16)13(19)11-7-22-12-5-15-8-17(11)12/h2,5,7-10,13,18-19H,1,3-4,6H2/t9-,10+,13?/m1/s1. The van der Waals surface area contributed by atoms with Crippen molar-refractivity contribution in [1.29, 1.82) is 0 Å². The lowest BCUT2D eigenvalue weighted by atomic mass is 10.1. The van der Waals surface area contributed by atoms with Crippen molar-refractivity contribution in [3.05, 3.63) is 36.3 Å². The van der Waals surface area contributed by atoms with E-state index >= 15 is 0 Å². The van der Waals surface area contributed by atoms with Crippen LogP contribution in [0.1, 0.15) is 18.2 Å². The maximum Gasteiger partial charge on any atom is 0.410 e. The molecule has 0 aliphatic carbocycles. The Hall–Kier alpha value is -1.90. The third-order valence-electron chi connectivity index (χ3n) is 3.73. The predicted octanol–water partition coefficient (Wildman–Crippen LogP) is 1.19. The van der Waals surface area contributed by atoms with E-state index in [1.54, 1.807) is 16.9 Å². The second-order valence-corrected chi connectivity index (χ2v) is 6.07. The fourth-order valence-corrected chi connectivity index (χ4v) is 3.60. The van der Waals surface area contributed by atoms with Gasteiger partial charge in [-0.2, -0.15) is 0 Å². The Morgan fingerprint density at radius 2 is 2.50 bits per heavy atom. The highest BCUT2D eigenvalue weighted by molar-refractivity contribution is 7.15. The molecule has 3 rings (SSSR count). The SMILES string of the molecule is C=CCOC(=O)N1C[C@H](O)C[C@H]1C(O)c1csc2cncn12. The van der Waals surface area contributed by atoms with Gasteiger partial charge in [0.25, 0.3) is 0 Å². The molecule has 0 aromatic carbocycles. The Bertz CT molecular complexity index is 682. The number of fused-ring (bicyclic) bond motifs is 1. The van der Waals surface area contributed by atoms with Gasteiger partial charge in [-0.05, 0) is 6.42 Å². The van der Waals surface area contributed by atoms with Crippen molar-refractivity contribution in [3.63, 3.8) is 0 Å². The van der Waals surface area contributed by atoms with Crippen LogP contribution in [0.2, 0.25) is 0 Å². The van der Waals surface area contributed by atoms with Gasteiger partial charge in [0.05, 0.1) is 30.6 Å². The van der Waals surface area contributed by atoms with E-state index in [0.717, 1.165) is 4.83 Å². The molecule has 2 aromatic rings. The van der Waals surface area contributed by atoms with E-state index in [0.29, 0.717) is 12.1 Å². The number of nitrogens with zero attached hydrogens (tertiary/aromatic N) is 3. The van der Waals surface area contributed by atoms with Gasteiger partial charge in [-0.25, -0.2) is 9.78 Å². The van der Waals surface area contributed by atoms with Crippen LogP contribution in [0, 0.1) is 0 Å². The molecule has 0 bridgehead atoms. The van der Waals surface area contributed by atoms with Crippen molar-refractivity contribution in [2.45, 2.75) is 24.7 Å². The summed E-state index contributed by atoms with van der Waals surface area (Å²) in [6.07, 6.45) is 2.96. The summed E-state index contributed by atoms with van der Waals surface area (Å²) in [7, 11) is 0. The number of thiazole rings is 1. The molecule has 1 aliphatic rings. The maximum atomic E-state index is 12.1. The molecule has 0 radical (unpaired) electrons. The second-order valence-electron chi connectivity index (χ2n) is 5.18. The molecule has 8 heteroatoms. The largest absolute Gasteiger partial charge is 0.445 e. The van der Waals surface area contributed by atoms with Crippen LogP contribution in [-0.4, -0.2) is 55.9 Å². The Kier molecular flexibility index (Phi) is 4.14. The third kappa shape index (κ3) is 2.60. The van der Waals surface area contributed by atoms with Crippen molar-refractivity contribution < 1.29 is 19.7 Å². The number of hydrogen-bond donors (Lipinski definition) is 2. The third-order valence-corrected chi connectivity index (χ3v) is 4.63. The van der Waals surface area contributed by atoms with Gasteiger partial charge in [0.1, 0.15) is 23.9 Å². The number of imidazole rings is 1. The minimum absolute atomic E-state index is 0.0957. The lowest BCUT2D eigenvalue weighted by Gasteiger charge is -2.27. The normalized spacial score (nSPS) is 22.9. The van der Waals surface area contributed by atoms with E-state index in [4.69, 9.17) is 4.74 Å². The fourth-order valence-electron chi connectivity index (χ4n) is 2.72. The lowest BCUT2D eigenvalue weighted by Crippen LogP contribution is -2.40. The highest BCUT2D eigenvalue weighted by atomic mass is 32.1. The highest BCUT2D eigenvalue weighted by Gasteiger charge is 2.40. The minimum atomic E-state index is -0.920. The molecule has 3 heterocycles. The molecule has 0 saturated carbocycles. The van der Waals surface area contributed by atoms with E-state index in [-0.39, 0.29) is 13.2 Å². The molecular weight excluding hydrogens is 306 g/mol. The number of aromatic nitrogens is 2. The number of amides is 1. The van der Waals surface area contributed by atoms with Crippen LogP contribution in [0.25, 0.3) is 4.83 Å². The van der Waals surface area contributed by atoms with Crippen LogP contribution in [0.4, 0.5) is 4.79 Å². The summed E-state index contributed by atoms with van der Waals surface area (Å²) >= 11 is 1.46. The Morgan fingerprint density at radius 1 is 1.68 bits per heavy atom. The number of hydrogen-bond acceptors (Lipinski definition) is 6. The zero-order chi connectivity index (χ0) is 15.7. The van der Waals surface area contributed by atoms with Gasteiger partial charge in [0.2, 0.25) is 0 Å². The Balaban J connectivity index is 1.83. The number of aliphatic hydroxyl groups excluding tert-OH is 2. The van der Waals surface area contributed by atoms with Crippen molar-refractivity contribution in [1.82, 2.24) is 14.3 Å². The van der Waals surface area contributed by atoms with E-state index in [2.05, 4.69) is 11.6 Å². The molecule has 1 amide bonds. The van der Waals surface area contributed by atoms with E-state index < -0.39 is 24.3 Å². The van der Waals surface area contributed by atoms with Crippen molar-refractivity contribution >= 4 is 22.3 Å². The number of likely N-dealkylation sites (tertiary alicyclic amines) is 1. The number of ether oxygens (including phenoxy) is 1. The van der Waals surface area contributed by atoms with Crippen LogP contribution in [-0.2, 0) is 4.74 Å². The first-order chi connectivity index (χ1) is 10.6. The summed E-state index contributed by atoms with van der Waals surface area (Å²) in [4.78, 5) is 18.4. The zero-order valence-electron chi connectivity index (χ0n) is 11.8. The van der Waals surface area contributed by atoms with Gasteiger partial charge in [-0.3, -0.25) is 9.30 Å². The Labute approximate surface area is 131 Å². The highest BCUT2D eigenvalue weighted by Crippen LogP contribution is 2.32. The van der Waals surface area contributed by atoms with Gasteiger partial charge < -0.3 is 14.9 Å². The first-order valence-corrected chi connectivity index (χ1v) is 7.79. The fraction of sp³-hybridized carbons (Fsp3) is 0.429. The molecule has 2 N–H and O–H groups in total. The molecule has 1 aliphatic heterocycles. The smallest absolute Gasteiger partial charge is 0.410 e. The second kappa shape index (κ2) is 6.07. The average molecular weight is 323 g/mol. The first kappa shape index (κ1) is 15.0. The number of β-amino-alcohol motifs (C(OH)–C–C–N with tert-alkyl or cyclic N) is 1. The number of carbonyl (C=O) groups is 1. The van der Waals surface area contributed by atoms with Crippen LogP contribution in [0.15, 0.2) is 30.6 Å². The summed E-state index contributed by atoms with van der Waals surface area (Å²) in [6, 6.07) is -0.535. The van der Waals surface area contributed by atoms with Crippen molar-refractivity contribution in [3.8, 4) is 0 Å². The number of rotatable bonds is 4. The van der Waals surface area contributed by atoms with Gasteiger partial charge >= 0.3 is 6.09 Å². The van der Waals surface area contributed by atoms with E-state index in [9.17, 15) is 15.0 Å². The maximum absolute atomic E-state index is 12.1. The predicted molar refractivity (Wildman–Crippen MR) is 80.7 cm³/mol. The molecule has 1 saturated heterocycles. The molecule has 1 fully saturated rings. The molecule has 118 valence electrons. The van der Waals surface area contributed by atoms with Crippen LogP contribution in [0.3, 0.4) is 0 Å². The molecule has 22 heavy (non-hydrogen) atoms. The van der Waals surface area contributed by atoms with Crippen molar-refractivity contribution in [2.24, 2.45) is 0 Å². The van der Waals surface area contributed by atoms with Gasteiger partial charge in [-0.15, -0.1) is 11.3 Å². The molecule has 3 atom stereocenters. The monoisotopic (exact) mass is 323 g/mol. The van der Waals surface area contributed by atoms with Crippen molar-refractivity contribution in [2.75, 3.05) is 13.2 Å². The quantitative estimate of drug-likeness (QED) is 0.825. The lowest BCUT2D eigenvalue weighted by molar-refractivity contribution is 0.0529. The zero-order valence-corrected chi connectivity index (χ0v) is 12.6. The average Bonchev–Trinajstić information content (AvgIpc) is 3.18. The summed E-state index contributed by atoms with van der Waals surface area (Å²) in [6.45, 7) is 3.74. The molecule has 2 aromatic heterocycles. The molecule has 0 spiro atoms. The summed E-state index contributed by atoms with van der Waals surface area (Å²) in [5.41, 5.74) is 0.651. The topological polar surface area (TPSA) is 87.3 Å². The summed E-state index contributed by atoms with van der Waals surface area (Å²) < 4.78 is 6.81. The van der Waals surface area contributed by atoms with E-state index in [1.165, 1.54) is 22.3 Å². The molecular formula is C14H17N3O4S. The van der Waals surface area contributed by atoms with Gasteiger partial charge in [-0.1, -0.05) is 12.7 Å².